The van der Waals surface area contributed by atoms with Gasteiger partial charge in [0.25, 0.3) is 0 Å². The molecule has 0 aliphatic carbocycles. The van der Waals surface area contributed by atoms with Crippen LogP contribution in [0.15, 0.2) is 36.7 Å². The Labute approximate surface area is 133 Å². The maximum atomic E-state index is 4.38. The van der Waals surface area contributed by atoms with Crippen LogP contribution in [0.2, 0.25) is 0 Å². The zero-order valence-corrected chi connectivity index (χ0v) is 13.8. The van der Waals surface area contributed by atoms with E-state index < -0.39 is 0 Å². The van der Waals surface area contributed by atoms with Crippen LogP contribution in [0.3, 0.4) is 0 Å². The first-order valence-electron chi connectivity index (χ1n) is 8.56. The molecule has 0 spiro atoms. The molecule has 0 bridgehead atoms. The van der Waals surface area contributed by atoms with Crippen molar-refractivity contribution in [3.63, 3.8) is 0 Å². The molecule has 0 saturated carbocycles. The lowest BCUT2D eigenvalue weighted by molar-refractivity contribution is 0.192. The lowest BCUT2D eigenvalue weighted by Gasteiger charge is -2.29. The Morgan fingerprint density at radius 1 is 1.09 bits per heavy atom. The van der Waals surface area contributed by atoms with Crippen LogP contribution in [0, 0.1) is 0 Å². The Hall–Kier alpha value is -1.61. The number of nitrogens with zero attached hydrogens (tertiary/aromatic N) is 3. The molecule has 2 heterocycles. The number of hydrogen-bond donors (Lipinski definition) is 0. The molecule has 3 rings (SSSR count). The van der Waals surface area contributed by atoms with Crippen molar-refractivity contribution >= 4 is 0 Å². The van der Waals surface area contributed by atoms with Gasteiger partial charge in [-0.2, -0.15) is 5.10 Å². The van der Waals surface area contributed by atoms with Gasteiger partial charge < -0.3 is 0 Å². The van der Waals surface area contributed by atoms with Crippen LogP contribution in [0.25, 0.3) is 0 Å². The van der Waals surface area contributed by atoms with Crippen molar-refractivity contribution in [3.05, 3.63) is 53.3 Å². The predicted octanol–water partition coefficient (Wildman–Crippen LogP) is 4.10. The standard InChI is InChI=1S/C19H27N3/c1-3-16-8-10-17(11-9-16)14-22-12-6-4-5-7-19(22)18-13-20-21(2)15-18/h8-11,13,15,19H,3-7,12,14H2,1-2H3. The average Bonchev–Trinajstić information content (AvgIpc) is 2.83. The molecule has 1 unspecified atom stereocenters. The Balaban J connectivity index is 1.77. The smallest absolute Gasteiger partial charge is 0.0537 e. The Bertz CT molecular complexity index is 585. The van der Waals surface area contributed by atoms with E-state index >= 15 is 0 Å². The lowest BCUT2D eigenvalue weighted by Crippen LogP contribution is -2.28. The predicted molar refractivity (Wildman–Crippen MR) is 90.6 cm³/mol. The van der Waals surface area contributed by atoms with Crippen molar-refractivity contribution in [1.29, 1.82) is 0 Å². The van der Waals surface area contributed by atoms with Crippen molar-refractivity contribution in [2.75, 3.05) is 6.54 Å². The van der Waals surface area contributed by atoms with Crippen molar-refractivity contribution in [2.24, 2.45) is 7.05 Å². The van der Waals surface area contributed by atoms with Crippen LogP contribution in [0.1, 0.15) is 55.3 Å². The zero-order valence-electron chi connectivity index (χ0n) is 13.8. The summed E-state index contributed by atoms with van der Waals surface area (Å²) in [5.41, 5.74) is 4.21. The third kappa shape index (κ3) is 3.58. The summed E-state index contributed by atoms with van der Waals surface area (Å²) in [7, 11) is 2.01. The molecule has 1 saturated heterocycles. The van der Waals surface area contributed by atoms with Crippen molar-refractivity contribution < 1.29 is 0 Å². The van der Waals surface area contributed by atoms with Crippen molar-refractivity contribution in [2.45, 2.75) is 51.6 Å². The maximum absolute atomic E-state index is 4.38. The molecule has 2 aromatic rings. The summed E-state index contributed by atoms with van der Waals surface area (Å²) < 4.78 is 1.93. The Kier molecular flexibility index (Phi) is 4.94. The number of aromatic nitrogens is 2. The highest BCUT2D eigenvalue weighted by Crippen LogP contribution is 2.31. The summed E-state index contributed by atoms with van der Waals surface area (Å²) in [5, 5.41) is 4.38. The van der Waals surface area contributed by atoms with E-state index in [4.69, 9.17) is 0 Å². The second-order valence-electron chi connectivity index (χ2n) is 6.45. The second-order valence-corrected chi connectivity index (χ2v) is 6.45. The van der Waals surface area contributed by atoms with E-state index in [1.807, 2.05) is 17.9 Å². The molecular weight excluding hydrogens is 270 g/mol. The van der Waals surface area contributed by atoms with E-state index in [0.717, 1.165) is 13.0 Å². The number of likely N-dealkylation sites (tertiary alicyclic amines) is 1. The van der Waals surface area contributed by atoms with Crippen LogP contribution in [0.4, 0.5) is 0 Å². The maximum Gasteiger partial charge on any atom is 0.0537 e. The fraction of sp³-hybridized carbons (Fsp3) is 0.526. The van der Waals surface area contributed by atoms with Crippen LogP contribution < -0.4 is 0 Å². The van der Waals surface area contributed by atoms with E-state index in [2.05, 4.69) is 47.4 Å². The minimum absolute atomic E-state index is 0.516. The number of benzene rings is 1. The molecule has 1 atom stereocenters. The zero-order chi connectivity index (χ0) is 15.4. The van der Waals surface area contributed by atoms with Crippen molar-refractivity contribution in [3.8, 4) is 0 Å². The summed E-state index contributed by atoms with van der Waals surface area (Å²) in [5.74, 6) is 0. The van der Waals surface area contributed by atoms with E-state index in [1.165, 1.54) is 48.9 Å². The van der Waals surface area contributed by atoms with Gasteiger partial charge in [-0.3, -0.25) is 9.58 Å². The van der Waals surface area contributed by atoms with Gasteiger partial charge in [0.15, 0.2) is 0 Å². The molecule has 0 amide bonds. The summed E-state index contributed by atoms with van der Waals surface area (Å²) in [6.07, 6.45) is 10.6. The molecule has 1 fully saturated rings. The van der Waals surface area contributed by atoms with Crippen LogP contribution in [-0.2, 0) is 20.0 Å². The largest absolute Gasteiger partial charge is 0.292 e. The first kappa shape index (κ1) is 15.3. The minimum Gasteiger partial charge on any atom is -0.292 e. The molecule has 1 aromatic carbocycles. The highest BCUT2D eigenvalue weighted by atomic mass is 15.2. The molecule has 0 N–H and O–H groups in total. The van der Waals surface area contributed by atoms with Gasteiger partial charge in [0.05, 0.1) is 6.20 Å². The van der Waals surface area contributed by atoms with Crippen LogP contribution in [0.5, 0.6) is 0 Å². The topological polar surface area (TPSA) is 21.1 Å². The molecule has 118 valence electrons. The number of aryl methyl sites for hydroxylation is 2. The fourth-order valence-electron chi connectivity index (χ4n) is 3.46. The first-order valence-corrected chi connectivity index (χ1v) is 8.56. The van der Waals surface area contributed by atoms with Gasteiger partial charge >= 0.3 is 0 Å². The minimum atomic E-state index is 0.516. The Morgan fingerprint density at radius 2 is 1.86 bits per heavy atom. The molecule has 1 aliphatic heterocycles. The highest BCUT2D eigenvalue weighted by molar-refractivity contribution is 5.23. The van der Waals surface area contributed by atoms with Gasteiger partial charge in [0.2, 0.25) is 0 Å². The van der Waals surface area contributed by atoms with Gasteiger partial charge in [0.1, 0.15) is 0 Å². The molecule has 3 heteroatoms. The van der Waals surface area contributed by atoms with E-state index in [-0.39, 0.29) is 0 Å². The normalized spacial score (nSPS) is 20.0. The quantitative estimate of drug-likeness (QED) is 0.847. The fourth-order valence-corrected chi connectivity index (χ4v) is 3.46. The van der Waals surface area contributed by atoms with E-state index in [1.54, 1.807) is 0 Å². The van der Waals surface area contributed by atoms with Gasteiger partial charge in [-0.15, -0.1) is 0 Å². The summed E-state index contributed by atoms with van der Waals surface area (Å²) in [4.78, 5) is 2.64. The molecular formula is C19H27N3. The van der Waals surface area contributed by atoms with Crippen molar-refractivity contribution in [1.82, 2.24) is 14.7 Å². The second kappa shape index (κ2) is 7.10. The first-order chi connectivity index (χ1) is 10.8. The SMILES string of the molecule is CCc1ccc(CN2CCCCCC2c2cnn(C)c2)cc1. The monoisotopic (exact) mass is 297 g/mol. The molecule has 3 nitrogen and oxygen atoms in total. The molecule has 1 aliphatic rings. The van der Waals surface area contributed by atoms with E-state index in [9.17, 15) is 0 Å². The molecule has 0 radical (unpaired) electrons. The van der Waals surface area contributed by atoms with Crippen LogP contribution in [-0.4, -0.2) is 21.2 Å². The van der Waals surface area contributed by atoms with Gasteiger partial charge in [-0.05, 0) is 36.9 Å². The average molecular weight is 297 g/mol. The number of hydrogen-bond acceptors (Lipinski definition) is 2. The molecule has 1 aromatic heterocycles. The van der Waals surface area contributed by atoms with E-state index in [0.29, 0.717) is 6.04 Å². The summed E-state index contributed by atoms with van der Waals surface area (Å²) in [6, 6.07) is 9.65. The molecule has 22 heavy (non-hydrogen) atoms. The summed E-state index contributed by atoms with van der Waals surface area (Å²) >= 11 is 0. The summed E-state index contributed by atoms with van der Waals surface area (Å²) in [6.45, 7) is 4.45. The number of rotatable bonds is 4. The van der Waals surface area contributed by atoms with Gasteiger partial charge in [-0.25, -0.2) is 0 Å². The highest BCUT2D eigenvalue weighted by Gasteiger charge is 2.23. The third-order valence-electron chi connectivity index (χ3n) is 4.79. The van der Waals surface area contributed by atoms with Gasteiger partial charge in [-0.1, -0.05) is 44.0 Å². The van der Waals surface area contributed by atoms with Crippen LogP contribution >= 0.6 is 0 Å². The van der Waals surface area contributed by atoms with Gasteiger partial charge in [0, 0.05) is 31.4 Å². The lowest BCUT2D eigenvalue weighted by atomic mass is 10.0. The third-order valence-corrected chi connectivity index (χ3v) is 4.79. The Morgan fingerprint density at radius 3 is 2.55 bits per heavy atom.